The lowest BCUT2D eigenvalue weighted by atomic mass is 9.68. The van der Waals surface area contributed by atoms with Gasteiger partial charge in [0.25, 0.3) is 0 Å². The second-order valence-electron chi connectivity index (χ2n) is 11.8. The van der Waals surface area contributed by atoms with Crippen molar-refractivity contribution in [1.29, 1.82) is 5.26 Å². The van der Waals surface area contributed by atoms with Gasteiger partial charge in [-0.05, 0) is 91.3 Å². The fourth-order valence-corrected chi connectivity index (χ4v) is 6.48. The molecular formula is C34H33Cl2N3O2. The van der Waals surface area contributed by atoms with Crippen LogP contribution in [0, 0.1) is 37.5 Å². The third kappa shape index (κ3) is 5.47. The number of carbonyl (C=O) groups excluding carboxylic acids is 1. The van der Waals surface area contributed by atoms with Gasteiger partial charge in [0.05, 0.1) is 17.6 Å². The molecule has 1 aliphatic carbocycles. The molecule has 1 aliphatic heterocycles. The summed E-state index contributed by atoms with van der Waals surface area (Å²) < 4.78 is 6.21. The summed E-state index contributed by atoms with van der Waals surface area (Å²) in [5.41, 5.74) is 13.9. The van der Waals surface area contributed by atoms with Crippen LogP contribution in [0.25, 0.3) is 0 Å². The van der Waals surface area contributed by atoms with Gasteiger partial charge in [-0.1, -0.05) is 60.8 Å². The molecule has 0 saturated carbocycles. The van der Waals surface area contributed by atoms with Crippen LogP contribution in [0.15, 0.2) is 77.3 Å². The van der Waals surface area contributed by atoms with Crippen molar-refractivity contribution in [1.82, 2.24) is 0 Å². The van der Waals surface area contributed by atoms with E-state index in [0.717, 1.165) is 45.0 Å². The lowest BCUT2D eigenvalue weighted by molar-refractivity contribution is -0.118. The van der Waals surface area contributed by atoms with E-state index in [1.165, 1.54) is 0 Å². The number of nitrogens with zero attached hydrogens (tertiary/aromatic N) is 2. The minimum Gasteiger partial charge on any atom is -0.489 e. The van der Waals surface area contributed by atoms with Crippen LogP contribution in [0.2, 0.25) is 10.0 Å². The summed E-state index contributed by atoms with van der Waals surface area (Å²) in [4.78, 5) is 15.8. The lowest BCUT2D eigenvalue weighted by Gasteiger charge is -2.44. The SMILES string of the molecule is Cc1cc(COc2ccc(Cl)cc2C)c(C)c(C2C(C#N)=C(N)N(c3cccc(Cl)c3)C3=C2C(=O)CC(C)(C)C3)c1. The number of rotatable bonds is 5. The van der Waals surface area contributed by atoms with Gasteiger partial charge in [-0.3, -0.25) is 9.69 Å². The molecule has 3 aromatic carbocycles. The van der Waals surface area contributed by atoms with Crippen LogP contribution in [0.4, 0.5) is 5.69 Å². The van der Waals surface area contributed by atoms with Gasteiger partial charge < -0.3 is 10.5 Å². The third-order valence-electron chi connectivity index (χ3n) is 7.98. The van der Waals surface area contributed by atoms with Gasteiger partial charge in [-0.25, -0.2) is 0 Å². The molecule has 0 aromatic heterocycles. The van der Waals surface area contributed by atoms with Crippen molar-refractivity contribution in [2.24, 2.45) is 11.1 Å². The lowest BCUT2D eigenvalue weighted by Crippen LogP contribution is -2.42. The molecule has 0 saturated heterocycles. The van der Waals surface area contributed by atoms with E-state index in [1.807, 2.05) is 62.1 Å². The third-order valence-corrected chi connectivity index (χ3v) is 8.45. The van der Waals surface area contributed by atoms with Gasteiger partial charge in [-0.15, -0.1) is 0 Å². The number of halogens is 2. The van der Waals surface area contributed by atoms with E-state index in [0.29, 0.717) is 46.5 Å². The average molecular weight is 587 g/mol. The number of anilines is 1. The Bertz CT molecular complexity index is 1680. The van der Waals surface area contributed by atoms with Crippen LogP contribution in [0.3, 0.4) is 0 Å². The number of aryl methyl sites for hydroxylation is 2. The summed E-state index contributed by atoms with van der Waals surface area (Å²) in [6.45, 7) is 10.5. The highest BCUT2D eigenvalue weighted by atomic mass is 35.5. The molecule has 7 heteroatoms. The standard InChI is InChI=1S/C34H33Cl2N3O2/c1-19-11-22(18-41-30-10-9-24(36)13-20(30)2)21(3)26(12-19)31-27(17-37)33(38)39(25-8-6-7-23(35)14-25)28-15-34(4,5)16-29(40)32(28)31/h6-14,31H,15-16,18,38H2,1-5H3. The summed E-state index contributed by atoms with van der Waals surface area (Å²) in [5, 5.41) is 11.7. The predicted molar refractivity (Wildman–Crippen MR) is 165 cm³/mol. The number of carbonyl (C=O) groups is 1. The maximum absolute atomic E-state index is 14.0. The van der Waals surface area contributed by atoms with Gasteiger partial charge in [0, 0.05) is 33.4 Å². The van der Waals surface area contributed by atoms with Gasteiger partial charge in [-0.2, -0.15) is 5.26 Å². The van der Waals surface area contributed by atoms with Crippen molar-refractivity contribution in [2.45, 2.75) is 60.0 Å². The number of ether oxygens (including phenoxy) is 1. The Kier molecular flexibility index (Phi) is 7.68. The number of hydrogen-bond acceptors (Lipinski definition) is 5. The molecule has 0 radical (unpaired) electrons. The Morgan fingerprint density at radius 3 is 2.46 bits per heavy atom. The van der Waals surface area contributed by atoms with E-state index < -0.39 is 5.92 Å². The normalized spacial score (nSPS) is 18.3. The number of hydrogen-bond donors (Lipinski definition) is 1. The molecule has 0 bridgehead atoms. The van der Waals surface area contributed by atoms with Crippen molar-refractivity contribution in [3.63, 3.8) is 0 Å². The van der Waals surface area contributed by atoms with Crippen molar-refractivity contribution < 1.29 is 9.53 Å². The molecule has 0 fully saturated rings. The van der Waals surface area contributed by atoms with Gasteiger partial charge in [0.1, 0.15) is 18.2 Å². The molecule has 0 amide bonds. The van der Waals surface area contributed by atoms with E-state index in [9.17, 15) is 10.1 Å². The van der Waals surface area contributed by atoms with Crippen molar-refractivity contribution in [3.05, 3.63) is 115 Å². The van der Waals surface area contributed by atoms with Crippen molar-refractivity contribution in [2.75, 3.05) is 4.90 Å². The zero-order valence-electron chi connectivity index (χ0n) is 23.9. The topological polar surface area (TPSA) is 79.3 Å². The van der Waals surface area contributed by atoms with E-state index in [1.54, 1.807) is 6.07 Å². The minimum absolute atomic E-state index is 0.0315. The van der Waals surface area contributed by atoms with Crippen LogP contribution in [0.5, 0.6) is 5.75 Å². The van der Waals surface area contributed by atoms with E-state index in [2.05, 4.69) is 32.0 Å². The number of benzene rings is 3. The van der Waals surface area contributed by atoms with Crippen LogP contribution < -0.4 is 15.4 Å². The van der Waals surface area contributed by atoms with Gasteiger partial charge in [0.2, 0.25) is 0 Å². The summed E-state index contributed by atoms with van der Waals surface area (Å²) in [5.74, 6) is 0.525. The highest BCUT2D eigenvalue weighted by Gasteiger charge is 2.45. The van der Waals surface area contributed by atoms with Crippen molar-refractivity contribution in [3.8, 4) is 11.8 Å². The molecule has 1 unspecified atom stereocenters. The quantitative estimate of drug-likeness (QED) is 0.325. The van der Waals surface area contributed by atoms with Crippen LogP contribution >= 0.6 is 23.2 Å². The number of nitriles is 1. The molecule has 5 rings (SSSR count). The van der Waals surface area contributed by atoms with E-state index in [4.69, 9.17) is 33.7 Å². The number of nitrogens with two attached hydrogens (primary N) is 1. The molecule has 3 aromatic rings. The molecular weight excluding hydrogens is 553 g/mol. The number of ketones is 1. The summed E-state index contributed by atoms with van der Waals surface area (Å²) in [7, 11) is 0. The molecule has 1 heterocycles. The molecule has 2 aliphatic rings. The molecule has 41 heavy (non-hydrogen) atoms. The van der Waals surface area contributed by atoms with E-state index in [-0.39, 0.29) is 11.2 Å². The zero-order chi connectivity index (χ0) is 29.6. The number of allylic oxidation sites excluding steroid dienone is 3. The van der Waals surface area contributed by atoms with Crippen LogP contribution in [-0.2, 0) is 11.4 Å². The maximum atomic E-state index is 14.0. The molecule has 0 spiro atoms. The first-order chi connectivity index (χ1) is 19.4. The Labute approximate surface area is 251 Å². The average Bonchev–Trinajstić information content (AvgIpc) is 2.88. The van der Waals surface area contributed by atoms with Gasteiger partial charge in [0.15, 0.2) is 5.78 Å². The highest BCUT2D eigenvalue weighted by Crippen LogP contribution is 2.51. The monoisotopic (exact) mass is 585 g/mol. The first-order valence-corrected chi connectivity index (χ1v) is 14.4. The zero-order valence-corrected chi connectivity index (χ0v) is 25.5. The minimum atomic E-state index is -0.579. The van der Waals surface area contributed by atoms with Crippen LogP contribution in [0.1, 0.15) is 60.4 Å². The number of Topliss-reactive ketones (excluding diaryl/α,β-unsaturated/α-hetero) is 1. The summed E-state index contributed by atoms with van der Waals surface area (Å²) in [6, 6.07) is 19.4. The fraction of sp³-hybridized carbons (Fsp3) is 0.294. The van der Waals surface area contributed by atoms with Crippen LogP contribution in [-0.4, -0.2) is 5.78 Å². The maximum Gasteiger partial charge on any atom is 0.162 e. The molecule has 5 nitrogen and oxygen atoms in total. The van der Waals surface area contributed by atoms with E-state index >= 15 is 0 Å². The summed E-state index contributed by atoms with van der Waals surface area (Å²) in [6.07, 6.45) is 1.02. The molecule has 2 N–H and O–H groups in total. The largest absolute Gasteiger partial charge is 0.489 e. The van der Waals surface area contributed by atoms with Crippen molar-refractivity contribution >= 4 is 34.7 Å². The smallest absolute Gasteiger partial charge is 0.162 e. The summed E-state index contributed by atoms with van der Waals surface area (Å²) >= 11 is 12.5. The Morgan fingerprint density at radius 1 is 1.05 bits per heavy atom. The highest BCUT2D eigenvalue weighted by molar-refractivity contribution is 6.31. The molecule has 1 atom stereocenters. The Hall–Kier alpha value is -3.72. The Balaban J connectivity index is 1.67. The molecule has 210 valence electrons. The second-order valence-corrected chi connectivity index (χ2v) is 12.7. The van der Waals surface area contributed by atoms with Gasteiger partial charge >= 0.3 is 0 Å². The first-order valence-electron chi connectivity index (χ1n) is 13.6. The fourth-order valence-electron chi connectivity index (χ4n) is 6.07. The second kappa shape index (κ2) is 10.9. The Morgan fingerprint density at radius 2 is 1.78 bits per heavy atom. The predicted octanol–water partition coefficient (Wildman–Crippen LogP) is 8.44. The first kappa shape index (κ1) is 28.8.